The molecule has 18 heavy (non-hydrogen) atoms. The summed E-state index contributed by atoms with van der Waals surface area (Å²) in [5.74, 6) is 0. The summed E-state index contributed by atoms with van der Waals surface area (Å²) < 4.78 is 37.8. The number of hydrogen-bond acceptors (Lipinski definition) is 1. The number of rotatable bonds is 3. The summed E-state index contributed by atoms with van der Waals surface area (Å²) in [6.07, 6.45) is -3.35. The minimum absolute atomic E-state index is 0.200. The van der Waals surface area contributed by atoms with Gasteiger partial charge in [0.1, 0.15) is 0 Å². The quantitative estimate of drug-likeness (QED) is 0.794. The van der Waals surface area contributed by atoms with Crippen LogP contribution in [0, 0.1) is 5.41 Å². The minimum Gasteiger partial charge on any atom is -0.384 e. The van der Waals surface area contributed by atoms with Crippen LogP contribution in [0.25, 0.3) is 0 Å². The normalized spacial score (nSPS) is 12.6. The lowest BCUT2D eigenvalue weighted by molar-refractivity contribution is -0.137. The summed E-state index contributed by atoms with van der Waals surface area (Å²) in [5, 5.41) is 3.13. The maximum absolute atomic E-state index is 12.5. The SMILES string of the molecule is CC(C)(C)CCNc1ccc(C(F)(F)F)cc1Br. The molecule has 0 saturated heterocycles. The largest absolute Gasteiger partial charge is 0.416 e. The van der Waals surface area contributed by atoms with Crippen LogP contribution in [-0.4, -0.2) is 6.54 Å². The maximum Gasteiger partial charge on any atom is 0.416 e. The fourth-order valence-corrected chi connectivity index (χ4v) is 1.93. The zero-order chi connectivity index (χ0) is 14.0. The van der Waals surface area contributed by atoms with Crippen molar-refractivity contribution in [1.29, 1.82) is 0 Å². The van der Waals surface area contributed by atoms with E-state index in [4.69, 9.17) is 0 Å². The van der Waals surface area contributed by atoms with E-state index in [1.807, 2.05) is 0 Å². The molecule has 0 spiro atoms. The van der Waals surface area contributed by atoms with Gasteiger partial charge in [-0.2, -0.15) is 13.2 Å². The molecule has 0 atom stereocenters. The molecule has 1 rings (SSSR count). The van der Waals surface area contributed by atoms with Crippen LogP contribution in [0.1, 0.15) is 32.8 Å². The van der Waals surface area contributed by atoms with Crippen LogP contribution in [0.3, 0.4) is 0 Å². The molecule has 5 heteroatoms. The fraction of sp³-hybridized carbons (Fsp3) is 0.538. The van der Waals surface area contributed by atoms with Crippen LogP contribution in [0.5, 0.6) is 0 Å². The molecular weight excluding hydrogens is 307 g/mol. The highest BCUT2D eigenvalue weighted by molar-refractivity contribution is 9.10. The molecule has 102 valence electrons. The molecule has 0 unspecified atom stereocenters. The smallest absolute Gasteiger partial charge is 0.384 e. The van der Waals surface area contributed by atoms with Crippen LogP contribution in [0.2, 0.25) is 0 Å². The van der Waals surface area contributed by atoms with Gasteiger partial charge >= 0.3 is 6.18 Å². The van der Waals surface area contributed by atoms with Crippen molar-refractivity contribution in [3.8, 4) is 0 Å². The van der Waals surface area contributed by atoms with Gasteiger partial charge in [0.05, 0.1) is 5.56 Å². The van der Waals surface area contributed by atoms with Crippen molar-refractivity contribution in [2.24, 2.45) is 5.41 Å². The van der Waals surface area contributed by atoms with Gasteiger partial charge in [-0.15, -0.1) is 0 Å². The van der Waals surface area contributed by atoms with Crippen molar-refractivity contribution in [2.45, 2.75) is 33.4 Å². The summed E-state index contributed by atoms with van der Waals surface area (Å²) in [4.78, 5) is 0. The van der Waals surface area contributed by atoms with Gasteiger partial charge in [-0.3, -0.25) is 0 Å². The van der Waals surface area contributed by atoms with Gasteiger partial charge in [-0.1, -0.05) is 20.8 Å². The van der Waals surface area contributed by atoms with Gasteiger partial charge < -0.3 is 5.32 Å². The van der Waals surface area contributed by atoms with E-state index < -0.39 is 11.7 Å². The number of halogens is 4. The van der Waals surface area contributed by atoms with Gasteiger partial charge in [0, 0.05) is 16.7 Å². The van der Waals surface area contributed by atoms with E-state index in [1.54, 1.807) is 0 Å². The van der Waals surface area contributed by atoms with Crippen LogP contribution in [0.4, 0.5) is 18.9 Å². The second kappa shape index (κ2) is 5.51. The molecule has 0 aliphatic heterocycles. The molecule has 0 aliphatic rings. The molecule has 1 aromatic rings. The Morgan fingerprint density at radius 1 is 1.17 bits per heavy atom. The number of anilines is 1. The van der Waals surface area contributed by atoms with E-state index in [0.717, 1.165) is 25.1 Å². The van der Waals surface area contributed by atoms with Crippen LogP contribution >= 0.6 is 15.9 Å². The second-order valence-corrected chi connectivity index (χ2v) is 6.28. The second-order valence-electron chi connectivity index (χ2n) is 5.43. The predicted octanol–water partition coefficient (Wildman–Crippen LogP) is 5.32. The molecule has 0 bridgehead atoms. The van der Waals surface area contributed by atoms with Gasteiger partial charge in [-0.25, -0.2) is 0 Å². The number of alkyl halides is 3. The average Bonchev–Trinajstić information content (AvgIpc) is 2.17. The van der Waals surface area contributed by atoms with E-state index in [0.29, 0.717) is 10.2 Å². The van der Waals surface area contributed by atoms with E-state index in [-0.39, 0.29) is 5.41 Å². The first-order valence-corrected chi connectivity index (χ1v) is 6.49. The Morgan fingerprint density at radius 3 is 2.22 bits per heavy atom. The lowest BCUT2D eigenvalue weighted by atomic mass is 9.92. The monoisotopic (exact) mass is 323 g/mol. The predicted molar refractivity (Wildman–Crippen MR) is 71.7 cm³/mol. The summed E-state index contributed by atoms with van der Waals surface area (Å²) in [6.45, 7) is 7.09. The zero-order valence-corrected chi connectivity index (χ0v) is 12.2. The summed E-state index contributed by atoms with van der Waals surface area (Å²) in [5.41, 5.74) is 0.244. The molecule has 0 heterocycles. The molecule has 0 saturated carbocycles. The molecule has 1 nitrogen and oxygen atoms in total. The number of benzene rings is 1. The molecule has 0 aromatic heterocycles. The van der Waals surface area contributed by atoms with E-state index >= 15 is 0 Å². The fourth-order valence-electron chi connectivity index (χ4n) is 1.41. The first-order valence-electron chi connectivity index (χ1n) is 5.70. The lowest BCUT2D eigenvalue weighted by Crippen LogP contribution is -2.13. The van der Waals surface area contributed by atoms with Crippen molar-refractivity contribution in [3.05, 3.63) is 28.2 Å². The van der Waals surface area contributed by atoms with Crippen molar-refractivity contribution in [2.75, 3.05) is 11.9 Å². The van der Waals surface area contributed by atoms with Crippen LogP contribution < -0.4 is 5.32 Å². The molecule has 0 fully saturated rings. The topological polar surface area (TPSA) is 12.0 Å². The van der Waals surface area contributed by atoms with Gasteiger partial charge in [0.2, 0.25) is 0 Å². The maximum atomic E-state index is 12.5. The first-order chi connectivity index (χ1) is 8.09. The Hall–Kier alpha value is -0.710. The highest BCUT2D eigenvalue weighted by Gasteiger charge is 2.30. The lowest BCUT2D eigenvalue weighted by Gasteiger charge is -2.19. The van der Waals surface area contributed by atoms with Crippen LogP contribution in [-0.2, 0) is 6.18 Å². The number of hydrogen-bond donors (Lipinski definition) is 1. The Balaban J connectivity index is 2.69. The van der Waals surface area contributed by atoms with E-state index in [1.165, 1.54) is 6.07 Å². The van der Waals surface area contributed by atoms with Gasteiger partial charge in [-0.05, 0) is 46.0 Å². The van der Waals surface area contributed by atoms with E-state index in [9.17, 15) is 13.2 Å². The average molecular weight is 324 g/mol. The summed E-state index contributed by atoms with van der Waals surface area (Å²) >= 11 is 3.16. The highest BCUT2D eigenvalue weighted by atomic mass is 79.9. The third-order valence-corrected chi connectivity index (χ3v) is 3.14. The molecule has 0 radical (unpaired) electrons. The Bertz CT molecular complexity index is 408. The first kappa shape index (κ1) is 15.3. The van der Waals surface area contributed by atoms with Gasteiger partial charge in [0.25, 0.3) is 0 Å². The molecular formula is C13H17BrF3N. The standard InChI is InChI=1S/C13H17BrF3N/c1-12(2,3)6-7-18-11-5-4-9(8-10(11)14)13(15,16)17/h4-5,8,18H,6-7H2,1-3H3. The Morgan fingerprint density at radius 2 is 1.78 bits per heavy atom. The Kier molecular flexibility index (Phi) is 4.70. The third kappa shape index (κ3) is 4.88. The molecule has 1 N–H and O–H groups in total. The number of nitrogens with one attached hydrogen (secondary N) is 1. The minimum atomic E-state index is -4.30. The highest BCUT2D eigenvalue weighted by Crippen LogP contribution is 2.34. The Labute approximate surface area is 114 Å². The summed E-state index contributed by atoms with van der Waals surface area (Å²) in [7, 11) is 0. The van der Waals surface area contributed by atoms with Crippen LogP contribution in [0.15, 0.2) is 22.7 Å². The third-order valence-electron chi connectivity index (χ3n) is 2.49. The molecule has 0 amide bonds. The van der Waals surface area contributed by atoms with Crippen molar-refractivity contribution in [3.63, 3.8) is 0 Å². The van der Waals surface area contributed by atoms with Crippen molar-refractivity contribution >= 4 is 21.6 Å². The van der Waals surface area contributed by atoms with E-state index in [2.05, 4.69) is 42.0 Å². The zero-order valence-electron chi connectivity index (χ0n) is 10.7. The van der Waals surface area contributed by atoms with Crippen molar-refractivity contribution < 1.29 is 13.2 Å². The van der Waals surface area contributed by atoms with Crippen molar-refractivity contribution in [1.82, 2.24) is 0 Å². The molecule has 0 aliphatic carbocycles. The molecule has 1 aromatic carbocycles. The summed E-state index contributed by atoms with van der Waals surface area (Å²) in [6, 6.07) is 3.64. The van der Waals surface area contributed by atoms with Gasteiger partial charge in [0.15, 0.2) is 0 Å².